The Kier molecular flexibility index (Phi) is 8.45. The molecule has 0 aliphatic carbocycles. The number of nitriles is 1. The number of nitrogens with zero attached hydrogens (tertiary/aromatic N) is 2. The van der Waals surface area contributed by atoms with Gasteiger partial charge in [-0.15, -0.1) is 0 Å². The lowest BCUT2D eigenvalue weighted by molar-refractivity contribution is -0.144. The van der Waals surface area contributed by atoms with Crippen LogP contribution in [0.3, 0.4) is 0 Å². The van der Waals surface area contributed by atoms with E-state index in [4.69, 9.17) is 4.74 Å². The van der Waals surface area contributed by atoms with Crippen molar-refractivity contribution in [2.45, 2.75) is 54.1 Å². The van der Waals surface area contributed by atoms with Crippen molar-refractivity contribution in [3.8, 4) is 6.07 Å². The smallest absolute Gasteiger partial charge is 0.349 e. The van der Waals surface area contributed by atoms with Gasteiger partial charge in [-0.05, 0) is 51.3 Å². The number of carbonyl (C=O) groups excluding carboxylic acids is 3. The molecule has 0 radical (unpaired) electrons. The van der Waals surface area contributed by atoms with Crippen LogP contribution in [0.1, 0.15) is 44.6 Å². The molecule has 8 nitrogen and oxygen atoms in total. The van der Waals surface area contributed by atoms with E-state index < -0.39 is 24.5 Å². The van der Waals surface area contributed by atoms with E-state index in [1.165, 1.54) is 6.08 Å². The highest BCUT2D eigenvalue weighted by molar-refractivity contribution is 6.00. The number of amides is 3. The summed E-state index contributed by atoms with van der Waals surface area (Å²) in [5.41, 5.74) is 2.49. The third-order valence-corrected chi connectivity index (χ3v) is 3.81. The van der Waals surface area contributed by atoms with Crippen molar-refractivity contribution in [2.75, 3.05) is 6.61 Å². The third kappa shape index (κ3) is 6.91. The summed E-state index contributed by atoms with van der Waals surface area (Å²) in [4.78, 5) is 35.2. The van der Waals surface area contributed by atoms with Crippen molar-refractivity contribution in [3.63, 3.8) is 0 Å². The zero-order valence-corrected chi connectivity index (χ0v) is 17.3. The zero-order valence-electron chi connectivity index (χ0n) is 17.3. The summed E-state index contributed by atoms with van der Waals surface area (Å²) in [6, 6.07) is 2.88. The van der Waals surface area contributed by atoms with Gasteiger partial charge in [-0.2, -0.15) is 5.26 Å². The largest absolute Gasteiger partial charge is 0.451 e. The predicted octanol–water partition coefficient (Wildman–Crippen LogP) is 2.45. The van der Waals surface area contributed by atoms with Crippen LogP contribution < -0.4 is 10.6 Å². The van der Waals surface area contributed by atoms with E-state index in [1.807, 2.05) is 25.2 Å². The monoisotopic (exact) mass is 388 g/mol. The highest BCUT2D eigenvalue weighted by Crippen LogP contribution is 2.20. The highest BCUT2D eigenvalue weighted by atomic mass is 16.5. The first-order valence-electron chi connectivity index (χ1n) is 9.11. The first-order chi connectivity index (χ1) is 13.0. The topological polar surface area (TPSA) is 113 Å². The fraction of sp³-hybridized carbons (Fsp3) is 0.500. The Balaban J connectivity index is 2.80. The normalized spacial score (nSPS) is 11.3. The fourth-order valence-electron chi connectivity index (χ4n) is 2.58. The summed E-state index contributed by atoms with van der Waals surface area (Å²) in [5, 5.41) is 13.8. The second kappa shape index (κ2) is 10.3. The van der Waals surface area contributed by atoms with Crippen molar-refractivity contribution in [1.82, 2.24) is 15.2 Å². The van der Waals surface area contributed by atoms with Crippen LogP contribution >= 0.6 is 0 Å². The molecular formula is C20H28N4O4. The Bertz CT molecular complexity index is 813. The molecule has 2 N–H and O–H groups in total. The molecule has 0 saturated heterocycles. The summed E-state index contributed by atoms with van der Waals surface area (Å²) >= 11 is 0. The number of imide groups is 1. The summed E-state index contributed by atoms with van der Waals surface area (Å²) in [6.45, 7) is 11.8. The summed E-state index contributed by atoms with van der Waals surface area (Å²) in [5.74, 6) is -1.25. The second-order valence-corrected chi connectivity index (χ2v) is 7.25. The van der Waals surface area contributed by atoms with Gasteiger partial charge in [0, 0.05) is 24.0 Å². The van der Waals surface area contributed by atoms with Crippen LogP contribution in [0.25, 0.3) is 6.08 Å². The molecule has 28 heavy (non-hydrogen) atoms. The van der Waals surface area contributed by atoms with E-state index in [2.05, 4.69) is 23.7 Å². The number of ether oxygens (including phenoxy) is 1. The number of nitrogens with one attached hydrogen (secondary N) is 2. The highest BCUT2D eigenvalue weighted by Gasteiger charge is 2.17. The van der Waals surface area contributed by atoms with Crippen LogP contribution in [0.4, 0.5) is 4.79 Å². The van der Waals surface area contributed by atoms with Gasteiger partial charge in [0.25, 0.3) is 5.91 Å². The van der Waals surface area contributed by atoms with Crippen LogP contribution in [-0.2, 0) is 20.9 Å². The Morgan fingerprint density at radius 1 is 1.25 bits per heavy atom. The number of carbonyl (C=O) groups is 3. The third-order valence-electron chi connectivity index (χ3n) is 3.81. The van der Waals surface area contributed by atoms with Crippen molar-refractivity contribution >= 4 is 24.0 Å². The number of aryl methyl sites for hydroxylation is 1. The molecule has 0 saturated carbocycles. The number of hydrogen-bond acceptors (Lipinski definition) is 5. The van der Waals surface area contributed by atoms with E-state index >= 15 is 0 Å². The van der Waals surface area contributed by atoms with Gasteiger partial charge in [0.2, 0.25) is 0 Å². The van der Waals surface area contributed by atoms with Gasteiger partial charge in [-0.25, -0.2) is 9.59 Å². The van der Waals surface area contributed by atoms with Gasteiger partial charge in [0.1, 0.15) is 11.6 Å². The lowest BCUT2D eigenvalue weighted by Crippen LogP contribution is -2.44. The minimum absolute atomic E-state index is 0.141. The van der Waals surface area contributed by atoms with E-state index in [9.17, 15) is 19.6 Å². The number of esters is 1. The minimum atomic E-state index is -0.921. The van der Waals surface area contributed by atoms with Crippen LogP contribution in [0.15, 0.2) is 11.6 Å². The minimum Gasteiger partial charge on any atom is -0.451 e. The van der Waals surface area contributed by atoms with Gasteiger partial charge >= 0.3 is 12.0 Å². The van der Waals surface area contributed by atoms with Crippen LogP contribution in [0.2, 0.25) is 0 Å². The molecule has 0 bridgehead atoms. The average Bonchev–Trinajstić information content (AvgIpc) is 2.83. The standard InChI is InChI=1S/C20H28N4O4/c1-12(2)10-24-14(5)7-16(15(24)6)8-17(9-21)19(26)28-11-18(25)23-20(27)22-13(3)4/h7-8,12-13H,10-11H2,1-6H3,(H2,22,23,25,27). The number of rotatable bonds is 7. The first-order valence-corrected chi connectivity index (χ1v) is 9.11. The lowest BCUT2D eigenvalue weighted by Gasteiger charge is -2.12. The number of hydrogen-bond donors (Lipinski definition) is 2. The molecule has 0 spiro atoms. The molecule has 0 unspecified atom stereocenters. The van der Waals surface area contributed by atoms with E-state index in [0.29, 0.717) is 5.92 Å². The van der Waals surface area contributed by atoms with Crippen molar-refractivity contribution in [1.29, 1.82) is 5.26 Å². The van der Waals surface area contributed by atoms with Crippen LogP contribution in [0, 0.1) is 31.1 Å². The summed E-state index contributed by atoms with van der Waals surface area (Å²) in [6.07, 6.45) is 1.45. The number of urea groups is 1. The van der Waals surface area contributed by atoms with Crippen molar-refractivity contribution in [2.24, 2.45) is 5.92 Å². The lowest BCUT2D eigenvalue weighted by atomic mass is 10.1. The van der Waals surface area contributed by atoms with Gasteiger partial charge in [0.05, 0.1) is 0 Å². The maximum absolute atomic E-state index is 12.1. The molecule has 1 aromatic heterocycles. The molecule has 1 rings (SSSR count). The van der Waals surface area contributed by atoms with E-state index in [1.54, 1.807) is 19.9 Å². The Morgan fingerprint density at radius 2 is 1.89 bits per heavy atom. The molecular weight excluding hydrogens is 360 g/mol. The molecule has 0 aliphatic rings. The first kappa shape index (κ1) is 23.0. The summed E-state index contributed by atoms with van der Waals surface area (Å²) < 4.78 is 6.97. The van der Waals surface area contributed by atoms with Crippen LogP contribution in [-0.4, -0.2) is 35.1 Å². The van der Waals surface area contributed by atoms with Gasteiger partial charge in [-0.1, -0.05) is 13.8 Å². The average molecular weight is 388 g/mol. The quantitative estimate of drug-likeness (QED) is 0.423. The van der Waals surface area contributed by atoms with Crippen molar-refractivity contribution in [3.05, 3.63) is 28.6 Å². The van der Waals surface area contributed by atoms with Gasteiger partial charge in [0.15, 0.2) is 6.61 Å². The molecule has 0 fully saturated rings. The molecule has 0 atom stereocenters. The van der Waals surface area contributed by atoms with Gasteiger partial charge < -0.3 is 14.6 Å². The molecule has 0 aliphatic heterocycles. The van der Waals surface area contributed by atoms with Crippen LogP contribution in [0.5, 0.6) is 0 Å². The molecule has 152 valence electrons. The number of aromatic nitrogens is 1. The zero-order chi connectivity index (χ0) is 21.4. The molecule has 1 heterocycles. The molecule has 1 aromatic rings. The summed E-state index contributed by atoms with van der Waals surface area (Å²) in [7, 11) is 0. The van der Waals surface area contributed by atoms with E-state index in [-0.39, 0.29) is 11.6 Å². The second-order valence-electron chi connectivity index (χ2n) is 7.25. The maximum Gasteiger partial charge on any atom is 0.349 e. The predicted molar refractivity (Wildman–Crippen MR) is 105 cm³/mol. The maximum atomic E-state index is 12.1. The molecule has 0 aromatic carbocycles. The van der Waals surface area contributed by atoms with Gasteiger partial charge in [-0.3, -0.25) is 10.1 Å². The fourth-order valence-corrected chi connectivity index (χ4v) is 2.58. The molecule has 3 amide bonds. The Hall–Kier alpha value is -3.08. The Labute approximate surface area is 165 Å². The Morgan fingerprint density at radius 3 is 2.43 bits per heavy atom. The molecule has 8 heteroatoms. The van der Waals surface area contributed by atoms with E-state index in [0.717, 1.165) is 23.5 Å². The SMILES string of the molecule is Cc1cc(C=C(C#N)C(=O)OCC(=O)NC(=O)NC(C)C)c(C)n1CC(C)C. The van der Waals surface area contributed by atoms with Crippen molar-refractivity contribution < 1.29 is 19.1 Å².